The summed E-state index contributed by atoms with van der Waals surface area (Å²) in [6, 6.07) is 8.81. The number of rotatable bonds is 1. The van der Waals surface area contributed by atoms with Crippen molar-refractivity contribution in [1.82, 2.24) is 0 Å². The number of para-hydroxylation sites is 1. The van der Waals surface area contributed by atoms with Crippen molar-refractivity contribution >= 4 is 0 Å². The molecule has 0 atom stereocenters. The van der Waals surface area contributed by atoms with E-state index in [-0.39, 0.29) is 12.2 Å². The summed E-state index contributed by atoms with van der Waals surface area (Å²) in [5.41, 5.74) is 0.685. The summed E-state index contributed by atoms with van der Waals surface area (Å²) in [4.78, 5) is 0. The van der Waals surface area contributed by atoms with Gasteiger partial charge in [-0.05, 0) is 6.07 Å². The molecule has 0 bridgehead atoms. The predicted molar refractivity (Wildman–Crippen MR) is 48.8 cm³/mol. The zero-order chi connectivity index (χ0) is 9.40. The predicted octanol–water partition coefficient (Wildman–Crippen LogP) is 2.48. The van der Waals surface area contributed by atoms with Crippen LogP contribution in [-0.2, 0) is 6.42 Å². The van der Waals surface area contributed by atoms with Gasteiger partial charge in [0.1, 0.15) is 5.75 Å². The molecule has 1 rings (SSSR count). The summed E-state index contributed by atoms with van der Waals surface area (Å²) in [7, 11) is 0. The number of hydrogen-bond donors (Lipinski definition) is 1. The molecule has 0 spiro atoms. The third kappa shape index (κ3) is 3.07. The highest BCUT2D eigenvalue weighted by Gasteiger charge is 1.95. The monoisotopic (exact) mass is 163 g/mol. The molecule has 64 valence electrons. The Morgan fingerprint density at radius 1 is 1.33 bits per heavy atom. The summed E-state index contributed by atoms with van der Waals surface area (Å²) < 4.78 is 0. The lowest BCUT2D eigenvalue weighted by atomic mass is 10.1. The van der Waals surface area contributed by atoms with Gasteiger partial charge in [0.2, 0.25) is 0 Å². The van der Waals surface area contributed by atoms with Crippen LogP contribution in [0.15, 0.2) is 24.3 Å². The first-order chi connectivity index (χ1) is 5.84. The van der Waals surface area contributed by atoms with Gasteiger partial charge in [0.15, 0.2) is 0 Å². The molecule has 1 aromatic carbocycles. The van der Waals surface area contributed by atoms with Gasteiger partial charge >= 0.3 is 0 Å². The van der Waals surface area contributed by atoms with Gasteiger partial charge in [-0.15, -0.1) is 0 Å². The molecule has 0 radical (unpaired) electrons. The van der Waals surface area contributed by atoms with Gasteiger partial charge in [0, 0.05) is 5.56 Å². The van der Waals surface area contributed by atoms with E-state index >= 15 is 0 Å². The highest BCUT2D eigenvalue weighted by Crippen LogP contribution is 2.14. The minimum atomic E-state index is 0.198. The molecule has 2 nitrogen and oxygen atoms in total. The maximum absolute atomic E-state index is 9.09. The number of nitrogens with zero attached hydrogens (tertiary/aromatic N) is 1. The molecular formula is C10H13NO. The van der Waals surface area contributed by atoms with Gasteiger partial charge in [0.25, 0.3) is 0 Å². The Hall–Kier alpha value is -1.49. The van der Waals surface area contributed by atoms with E-state index in [9.17, 15) is 0 Å². The van der Waals surface area contributed by atoms with Crippen LogP contribution in [-0.4, -0.2) is 5.11 Å². The first-order valence-electron chi connectivity index (χ1n) is 3.98. The van der Waals surface area contributed by atoms with E-state index in [1.165, 1.54) is 0 Å². The Kier molecular flexibility index (Phi) is 5.46. The van der Waals surface area contributed by atoms with Crippen molar-refractivity contribution in [3.63, 3.8) is 0 Å². The second-order valence-electron chi connectivity index (χ2n) is 1.96. The molecule has 1 N–H and O–H groups in total. The molecule has 0 heterocycles. The van der Waals surface area contributed by atoms with E-state index in [2.05, 4.69) is 0 Å². The molecule has 0 amide bonds. The molecule has 0 unspecified atom stereocenters. The first kappa shape index (κ1) is 10.5. The Labute approximate surface area is 73.1 Å². The molecule has 0 saturated carbocycles. The van der Waals surface area contributed by atoms with Crippen LogP contribution in [0, 0.1) is 11.3 Å². The van der Waals surface area contributed by atoms with E-state index in [4.69, 9.17) is 10.4 Å². The molecule has 1 aromatic rings. The largest absolute Gasteiger partial charge is 0.508 e. The third-order valence-corrected chi connectivity index (χ3v) is 1.26. The smallest absolute Gasteiger partial charge is 0.119 e. The van der Waals surface area contributed by atoms with Crippen molar-refractivity contribution in [3.8, 4) is 11.8 Å². The maximum Gasteiger partial charge on any atom is 0.119 e. The Morgan fingerprint density at radius 2 is 1.92 bits per heavy atom. The molecule has 0 aliphatic rings. The average Bonchev–Trinajstić information content (AvgIpc) is 2.13. The average molecular weight is 163 g/mol. The molecule has 0 aromatic heterocycles. The second kappa shape index (κ2) is 6.23. The fourth-order valence-corrected chi connectivity index (χ4v) is 0.745. The van der Waals surface area contributed by atoms with E-state index in [0.717, 1.165) is 0 Å². The highest BCUT2D eigenvalue weighted by atomic mass is 16.3. The lowest BCUT2D eigenvalue weighted by Gasteiger charge is -1.95. The van der Waals surface area contributed by atoms with Crippen molar-refractivity contribution in [2.24, 2.45) is 0 Å². The molecule has 0 fully saturated rings. The summed E-state index contributed by atoms with van der Waals surface area (Å²) in [5, 5.41) is 17.4. The minimum Gasteiger partial charge on any atom is -0.508 e. The van der Waals surface area contributed by atoms with Crippen LogP contribution < -0.4 is 0 Å². The number of hydrogen-bond acceptors (Lipinski definition) is 2. The number of aromatic hydroxyl groups is 1. The van der Waals surface area contributed by atoms with Crippen molar-refractivity contribution in [3.05, 3.63) is 29.8 Å². The minimum absolute atomic E-state index is 0.198. The van der Waals surface area contributed by atoms with Gasteiger partial charge in [-0.25, -0.2) is 0 Å². The number of nitriles is 1. The quantitative estimate of drug-likeness (QED) is 0.691. The van der Waals surface area contributed by atoms with Crippen molar-refractivity contribution in [2.45, 2.75) is 20.3 Å². The van der Waals surface area contributed by atoms with E-state index in [1.807, 2.05) is 19.9 Å². The normalized spacial score (nSPS) is 7.75. The second-order valence-corrected chi connectivity index (χ2v) is 1.96. The van der Waals surface area contributed by atoms with Crippen LogP contribution in [0.1, 0.15) is 19.4 Å². The summed E-state index contributed by atoms with van der Waals surface area (Å²) in [6.45, 7) is 4.00. The summed E-state index contributed by atoms with van der Waals surface area (Å²) in [6.07, 6.45) is 0.271. The molecule has 0 aliphatic heterocycles. The lowest BCUT2D eigenvalue weighted by Crippen LogP contribution is -1.80. The Bertz CT molecular complexity index is 263. The zero-order valence-corrected chi connectivity index (χ0v) is 7.41. The van der Waals surface area contributed by atoms with Gasteiger partial charge in [-0.1, -0.05) is 32.0 Å². The number of phenolic OH excluding ortho intramolecular Hbond substituents is 1. The van der Waals surface area contributed by atoms with Gasteiger partial charge in [0.05, 0.1) is 12.5 Å². The van der Waals surface area contributed by atoms with Crippen LogP contribution in [0.25, 0.3) is 0 Å². The fourth-order valence-electron chi connectivity index (χ4n) is 0.745. The highest BCUT2D eigenvalue weighted by molar-refractivity contribution is 5.33. The fraction of sp³-hybridized carbons (Fsp3) is 0.300. The van der Waals surface area contributed by atoms with E-state index < -0.39 is 0 Å². The summed E-state index contributed by atoms with van der Waals surface area (Å²) >= 11 is 0. The van der Waals surface area contributed by atoms with Crippen molar-refractivity contribution in [1.29, 1.82) is 5.26 Å². The summed E-state index contributed by atoms with van der Waals surface area (Å²) in [5.74, 6) is 0.198. The SMILES string of the molecule is CC.N#CCc1ccccc1O. The van der Waals surface area contributed by atoms with Gasteiger partial charge in [-0.3, -0.25) is 0 Å². The Morgan fingerprint density at radius 3 is 2.42 bits per heavy atom. The molecule has 12 heavy (non-hydrogen) atoms. The zero-order valence-electron chi connectivity index (χ0n) is 7.41. The van der Waals surface area contributed by atoms with Gasteiger partial charge < -0.3 is 5.11 Å². The van der Waals surface area contributed by atoms with E-state index in [0.29, 0.717) is 5.56 Å². The topological polar surface area (TPSA) is 44.0 Å². The third-order valence-electron chi connectivity index (χ3n) is 1.26. The van der Waals surface area contributed by atoms with Gasteiger partial charge in [-0.2, -0.15) is 5.26 Å². The van der Waals surface area contributed by atoms with Crippen molar-refractivity contribution in [2.75, 3.05) is 0 Å². The van der Waals surface area contributed by atoms with Crippen LogP contribution in [0.5, 0.6) is 5.75 Å². The molecular weight excluding hydrogens is 150 g/mol. The van der Waals surface area contributed by atoms with Crippen LogP contribution in [0.2, 0.25) is 0 Å². The van der Waals surface area contributed by atoms with E-state index in [1.54, 1.807) is 24.3 Å². The number of phenols is 1. The molecule has 0 aliphatic carbocycles. The van der Waals surface area contributed by atoms with Crippen LogP contribution in [0.4, 0.5) is 0 Å². The van der Waals surface area contributed by atoms with Crippen LogP contribution in [0.3, 0.4) is 0 Å². The van der Waals surface area contributed by atoms with Crippen molar-refractivity contribution < 1.29 is 5.11 Å². The number of benzene rings is 1. The molecule has 2 heteroatoms. The Balaban J connectivity index is 0.000000561. The lowest BCUT2D eigenvalue weighted by molar-refractivity contribution is 0.470. The molecule has 0 saturated heterocycles. The maximum atomic E-state index is 9.09. The van der Waals surface area contributed by atoms with Crippen LogP contribution >= 0.6 is 0 Å². The standard InChI is InChI=1S/C8H7NO.C2H6/c9-6-5-7-3-1-2-4-8(7)10;1-2/h1-4,10H,5H2;1-2H3. The first-order valence-corrected chi connectivity index (χ1v) is 3.98.